The summed E-state index contributed by atoms with van der Waals surface area (Å²) in [5, 5.41) is 10.8. The number of hydrogen-bond acceptors (Lipinski definition) is 2. The number of halogens is 2. The molecule has 2 aromatic rings. The summed E-state index contributed by atoms with van der Waals surface area (Å²) in [6.45, 7) is 2.26. The Kier molecular flexibility index (Phi) is 4.44. The number of aryl methyl sites for hydroxylation is 1. The van der Waals surface area contributed by atoms with E-state index < -0.39 is 6.09 Å². The van der Waals surface area contributed by atoms with Crippen molar-refractivity contribution in [2.75, 3.05) is 24.5 Å². The predicted octanol–water partition coefficient (Wildman–Crippen LogP) is 5.65. The first-order chi connectivity index (χ1) is 13.5. The van der Waals surface area contributed by atoms with Gasteiger partial charge >= 0.3 is 6.09 Å². The van der Waals surface area contributed by atoms with E-state index in [0.717, 1.165) is 30.5 Å². The lowest BCUT2D eigenvalue weighted by Crippen LogP contribution is -2.48. The largest absolute Gasteiger partial charge is 0.465 e. The highest BCUT2D eigenvalue weighted by Crippen LogP contribution is 2.49. The Labute approximate surface area is 174 Å². The van der Waals surface area contributed by atoms with Crippen molar-refractivity contribution in [3.63, 3.8) is 0 Å². The molecule has 1 fully saturated rings. The Morgan fingerprint density at radius 3 is 2.50 bits per heavy atom. The zero-order valence-electron chi connectivity index (χ0n) is 15.5. The molecule has 6 heteroatoms. The van der Waals surface area contributed by atoms with Crippen LogP contribution in [0.5, 0.6) is 0 Å². The van der Waals surface area contributed by atoms with Gasteiger partial charge in [0.15, 0.2) is 0 Å². The Morgan fingerprint density at radius 2 is 1.75 bits per heavy atom. The number of nitrogens with zero attached hydrogens (tertiary/aromatic N) is 2. The van der Waals surface area contributed by atoms with Gasteiger partial charge in [0.2, 0.25) is 0 Å². The molecule has 0 aromatic heterocycles. The molecule has 0 saturated carbocycles. The van der Waals surface area contributed by atoms with Crippen molar-refractivity contribution in [2.24, 2.45) is 0 Å². The second-order valence-corrected chi connectivity index (χ2v) is 8.95. The molecule has 3 heterocycles. The molecular weight excluding hydrogens is 395 g/mol. The number of fused-ring (bicyclic) bond motifs is 3. The van der Waals surface area contributed by atoms with Gasteiger partial charge in [-0.2, -0.15) is 0 Å². The van der Waals surface area contributed by atoms with Crippen molar-refractivity contribution in [1.82, 2.24) is 4.90 Å². The molecule has 1 saturated heterocycles. The summed E-state index contributed by atoms with van der Waals surface area (Å²) in [5.41, 5.74) is 6.16. The van der Waals surface area contributed by atoms with Gasteiger partial charge in [0.25, 0.3) is 0 Å². The first-order valence-corrected chi connectivity index (χ1v) is 10.6. The molecule has 146 valence electrons. The second-order valence-electron chi connectivity index (χ2n) is 8.07. The van der Waals surface area contributed by atoms with Crippen LogP contribution in [0.1, 0.15) is 36.3 Å². The van der Waals surface area contributed by atoms with Crippen molar-refractivity contribution < 1.29 is 9.90 Å². The van der Waals surface area contributed by atoms with E-state index in [1.165, 1.54) is 29.7 Å². The van der Waals surface area contributed by atoms with Crippen LogP contribution >= 0.6 is 23.2 Å². The van der Waals surface area contributed by atoms with E-state index in [1.807, 2.05) is 12.1 Å². The highest BCUT2D eigenvalue weighted by molar-refractivity contribution is 6.35. The molecule has 0 radical (unpaired) electrons. The molecule has 1 amide bonds. The first kappa shape index (κ1) is 18.1. The number of rotatable bonds is 1. The molecular formula is C22H22Cl2N2O2. The van der Waals surface area contributed by atoms with Crippen LogP contribution in [0.25, 0.3) is 11.1 Å². The number of anilines is 1. The quantitative estimate of drug-likeness (QED) is 0.652. The van der Waals surface area contributed by atoms with Crippen LogP contribution in [-0.4, -0.2) is 41.8 Å². The maximum Gasteiger partial charge on any atom is 0.407 e. The third-order valence-corrected chi connectivity index (χ3v) is 6.88. The van der Waals surface area contributed by atoms with Gasteiger partial charge in [-0.25, -0.2) is 4.79 Å². The molecule has 2 atom stereocenters. The number of carbonyl (C=O) groups is 1. The maximum atomic E-state index is 11.6. The molecule has 0 unspecified atom stereocenters. The third-order valence-electron chi connectivity index (χ3n) is 6.44. The zero-order valence-corrected chi connectivity index (χ0v) is 17.0. The summed E-state index contributed by atoms with van der Waals surface area (Å²) < 4.78 is 0. The summed E-state index contributed by atoms with van der Waals surface area (Å²) in [6, 6.07) is 10.6. The van der Waals surface area contributed by atoms with Crippen LogP contribution in [0.4, 0.5) is 10.5 Å². The van der Waals surface area contributed by atoms with Crippen LogP contribution in [0, 0.1) is 0 Å². The molecule has 3 aliphatic rings. The minimum absolute atomic E-state index is 0.228. The third kappa shape index (κ3) is 2.94. The molecule has 0 aliphatic carbocycles. The van der Waals surface area contributed by atoms with Gasteiger partial charge < -0.3 is 14.9 Å². The topological polar surface area (TPSA) is 43.8 Å². The lowest BCUT2D eigenvalue weighted by Gasteiger charge is -2.37. The fourth-order valence-electron chi connectivity index (χ4n) is 5.26. The zero-order chi connectivity index (χ0) is 19.4. The molecule has 3 aliphatic heterocycles. The van der Waals surface area contributed by atoms with E-state index in [0.29, 0.717) is 29.2 Å². The van der Waals surface area contributed by atoms with E-state index in [4.69, 9.17) is 23.2 Å². The van der Waals surface area contributed by atoms with Crippen molar-refractivity contribution in [3.05, 3.63) is 51.5 Å². The minimum Gasteiger partial charge on any atom is -0.465 e. The summed E-state index contributed by atoms with van der Waals surface area (Å²) >= 11 is 12.5. The number of likely N-dealkylation sites (tertiary alicyclic amines) is 1. The normalized spacial score (nSPS) is 23.2. The molecule has 1 N–H and O–H groups in total. The van der Waals surface area contributed by atoms with Crippen molar-refractivity contribution in [2.45, 2.75) is 37.6 Å². The van der Waals surface area contributed by atoms with E-state index in [-0.39, 0.29) is 5.92 Å². The highest BCUT2D eigenvalue weighted by atomic mass is 35.5. The highest BCUT2D eigenvalue weighted by Gasteiger charge is 2.44. The number of amides is 1. The second kappa shape index (κ2) is 6.85. The van der Waals surface area contributed by atoms with Gasteiger partial charge in [-0.05, 0) is 78.3 Å². The maximum absolute atomic E-state index is 11.6. The van der Waals surface area contributed by atoms with Gasteiger partial charge in [0, 0.05) is 47.3 Å². The number of benzene rings is 2. The van der Waals surface area contributed by atoms with E-state index >= 15 is 0 Å². The smallest absolute Gasteiger partial charge is 0.407 e. The van der Waals surface area contributed by atoms with Gasteiger partial charge in [0.1, 0.15) is 0 Å². The fourth-order valence-corrected chi connectivity index (χ4v) is 5.79. The van der Waals surface area contributed by atoms with Gasteiger partial charge in [0.05, 0.1) is 0 Å². The Morgan fingerprint density at radius 1 is 1.00 bits per heavy atom. The fraction of sp³-hybridized carbons (Fsp3) is 0.409. The van der Waals surface area contributed by atoms with Gasteiger partial charge in [-0.3, -0.25) is 0 Å². The minimum atomic E-state index is -0.816. The molecule has 4 nitrogen and oxygen atoms in total. The average molecular weight is 417 g/mol. The number of hydrogen-bond donors (Lipinski definition) is 1. The molecule has 28 heavy (non-hydrogen) atoms. The lowest BCUT2D eigenvalue weighted by molar-refractivity contribution is 0.127. The Hall–Kier alpha value is -1.91. The first-order valence-electron chi connectivity index (χ1n) is 9.89. The van der Waals surface area contributed by atoms with E-state index in [9.17, 15) is 9.90 Å². The number of piperidine rings is 1. The van der Waals surface area contributed by atoms with Crippen molar-refractivity contribution in [1.29, 1.82) is 0 Å². The van der Waals surface area contributed by atoms with E-state index in [1.54, 1.807) is 11.0 Å². The molecule has 5 rings (SSSR count). The molecule has 0 bridgehead atoms. The van der Waals surface area contributed by atoms with Crippen LogP contribution in [0.15, 0.2) is 30.3 Å². The summed E-state index contributed by atoms with van der Waals surface area (Å²) in [5.74, 6) is 0.228. The van der Waals surface area contributed by atoms with Crippen LogP contribution < -0.4 is 4.90 Å². The molecule has 2 aromatic carbocycles. The van der Waals surface area contributed by atoms with Gasteiger partial charge in [-0.15, -0.1) is 0 Å². The van der Waals surface area contributed by atoms with Crippen molar-refractivity contribution >= 4 is 35.0 Å². The van der Waals surface area contributed by atoms with Crippen molar-refractivity contribution in [3.8, 4) is 11.1 Å². The van der Waals surface area contributed by atoms with Crippen LogP contribution in [-0.2, 0) is 6.42 Å². The van der Waals surface area contributed by atoms with Crippen LogP contribution in [0.3, 0.4) is 0 Å². The van der Waals surface area contributed by atoms with E-state index in [2.05, 4.69) is 17.0 Å². The lowest BCUT2D eigenvalue weighted by atomic mass is 9.86. The summed E-state index contributed by atoms with van der Waals surface area (Å²) in [6.07, 6.45) is 3.50. The van der Waals surface area contributed by atoms with Crippen LogP contribution in [0.2, 0.25) is 10.0 Å². The summed E-state index contributed by atoms with van der Waals surface area (Å²) in [4.78, 5) is 15.7. The monoisotopic (exact) mass is 416 g/mol. The Bertz CT molecular complexity index is 942. The predicted molar refractivity (Wildman–Crippen MR) is 113 cm³/mol. The standard InChI is InChI=1S/C22H22Cl2N2O2/c23-16-8-15(9-17(24)11-16)14-7-13-3-1-2-5-26-20-4-6-25(22(27)28)12-19(20)18(10-14)21(13)26/h7-11,19-20H,1-6,12H2,(H,27,28)/t19-,20-/m0/s1. The Balaban J connectivity index is 1.65. The van der Waals surface area contributed by atoms with Gasteiger partial charge in [-0.1, -0.05) is 23.2 Å². The SMILES string of the molecule is O=C(O)N1CC[C@H]2[C@@H](C1)c1cc(-c3cc(Cl)cc(Cl)c3)cc3c1N2CCCC3. The molecule has 0 spiro atoms. The number of carboxylic acid groups (broad SMARTS) is 1. The summed E-state index contributed by atoms with van der Waals surface area (Å²) in [7, 11) is 0. The average Bonchev–Trinajstić information content (AvgIpc) is 2.81.